The summed E-state index contributed by atoms with van der Waals surface area (Å²) in [6.07, 6.45) is -10.4. The Hall–Kier alpha value is -1.79. The molecule has 6 heteroatoms. The zero-order valence-corrected chi connectivity index (χ0v) is 17.8. The van der Waals surface area contributed by atoms with Gasteiger partial charge in [0, 0.05) is 43.6 Å². The molecule has 0 saturated carbocycles. The summed E-state index contributed by atoms with van der Waals surface area (Å²) in [5.41, 5.74) is 4.92. The van der Waals surface area contributed by atoms with Gasteiger partial charge < -0.3 is 19.9 Å². The van der Waals surface area contributed by atoms with E-state index in [1.54, 1.807) is 27.7 Å². The van der Waals surface area contributed by atoms with Gasteiger partial charge in [-0.2, -0.15) is 0 Å². The largest absolute Gasteiger partial charge is 0.493 e. The summed E-state index contributed by atoms with van der Waals surface area (Å²) in [5, 5.41) is 0. The molecular weight excluding hydrogens is 380 g/mol. The number of rotatable bonds is 7. The lowest BCUT2D eigenvalue weighted by Crippen LogP contribution is -2.51. The minimum atomic E-state index is -3.41. The monoisotopic (exact) mass is 431 g/mol. The second kappa shape index (κ2) is 9.56. The Morgan fingerprint density at radius 1 is 1.33 bits per heavy atom. The Balaban J connectivity index is 2.49. The van der Waals surface area contributed by atoms with Crippen LogP contribution in [0.5, 0.6) is 11.5 Å². The van der Waals surface area contributed by atoms with Gasteiger partial charge in [-0.1, -0.05) is 27.7 Å². The first-order valence-corrected chi connectivity index (χ1v) is 9.85. The van der Waals surface area contributed by atoms with Crippen molar-refractivity contribution in [3.63, 3.8) is 0 Å². The van der Waals surface area contributed by atoms with E-state index < -0.39 is 97.9 Å². The van der Waals surface area contributed by atoms with Gasteiger partial charge in [0.2, 0.25) is 0 Å². The summed E-state index contributed by atoms with van der Waals surface area (Å²) in [5.74, 6) is -6.29. The van der Waals surface area contributed by atoms with Crippen LogP contribution >= 0.6 is 0 Å². The van der Waals surface area contributed by atoms with Crippen molar-refractivity contribution in [3.8, 4) is 11.5 Å². The lowest BCUT2D eigenvalue weighted by Gasteiger charge is -2.47. The molecule has 1 saturated heterocycles. The number of piperidine rings is 1. The molecule has 0 radical (unpaired) electrons. The highest BCUT2D eigenvalue weighted by molar-refractivity contribution is 5.76. The molecule has 6 nitrogen and oxygen atoms in total. The highest BCUT2D eigenvalue weighted by Gasteiger charge is 2.41. The second-order valence-corrected chi connectivity index (χ2v) is 8.05. The van der Waals surface area contributed by atoms with Crippen molar-refractivity contribution in [3.05, 3.63) is 23.3 Å². The molecule has 0 spiro atoms. The van der Waals surface area contributed by atoms with E-state index >= 15 is 0 Å². The molecule has 168 valence electrons. The van der Waals surface area contributed by atoms with E-state index in [1.807, 2.05) is 0 Å². The molecule has 30 heavy (non-hydrogen) atoms. The molecular formula is C24H38N2O4. The second-order valence-electron chi connectivity index (χ2n) is 8.05. The molecule has 0 aliphatic carbocycles. The van der Waals surface area contributed by atoms with Gasteiger partial charge in [0.05, 0.1) is 19.6 Å². The minimum Gasteiger partial charge on any atom is -0.493 e. The fourth-order valence-corrected chi connectivity index (χ4v) is 3.19. The molecule has 4 atom stereocenters. The van der Waals surface area contributed by atoms with Gasteiger partial charge in [0.25, 0.3) is 0 Å². The van der Waals surface area contributed by atoms with E-state index in [0.717, 1.165) is 19.2 Å². The van der Waals surface area contributed by atoms with E-state index in [4.69, 9.17) is 32.3 Å². The number of benzene rings is 1. The van der Waals surface area contributed by atoms with Crippen molar-refractivity contribution in [1.82, 2.24) is 4.90 Å². The van der Waals surface area contributed by atoms with Crippen LogP contribution in [0.25, 0.3) is 0 Å². The van der Waals surface area contributed by atoms with Crippen LogP contribution in [0.3, 0.4) is 0 Å². The van der Waals surface area contributed by atoms with Gasteiger partial charge in [-0.05, 0) is 47.9 Å². The summed E-state index contributed by atoms with van der Waals surface area (Å²) < 4.78 is 129. The van der Waals surface area contributed by atoms with Crippen molar-refractivity contribution in [2.45, 2.75) is 65.0 Å². The zero-order chi connectivity index (χ0) is 33.5. The number of carbonyl (C=O) groups excluding carboxylic acids is 1. The third-order valence-electron chi connectivity index (χ3n) is 4.91. The van der Waals surface area contributed by atoms with Crippen LogP contribution < -0.4 is 15.2 Å². The number of hydrogen-bond acceptors (Lipinski definition) is 6. The van der Waals surface area contributed by atoms with Crippen LogP contribution in [0, 0.1) is 17.7 Å². The molecule has 3 unspecified atom stereocenters. The van der Waals surface area contributed by atoms with Gasteiger partial charge in [0.1, 0.15) is 12.1 Å². The van der Waals surface area contributed by atoms with Crippen LogP contribution in [-0.4, -0.2) is 50.1 Å². The Morgan fingerprint density at radius 3 is 2.70 bits per heavy atom. The number of methoxy groups -OCH3 is 2. The molecule has 3 rings (SSSR count). The number of ether oxygens (including phenoxy) is 3. The van der Waals surface area contributed by atoms with Crippen molar-refractivity contribution < 1.29 is 36.8 Å². The lowest BCUT2D eigenvalue weighted by molar-refractivity contribution is -0.160. The number of fused-ring (bicyclic) bond motifs is 3. The highest BCUT2D eigenvalue weighted by Crippen LogP contribution is 2.44. The normalized spacial score (nSPS) is 43.3. The Bertz CT molecular complexity index is 1260. The van der Waals surface area contributed by atoms with Gasteiger partial charge in [-0.25, -0.2) is 0 Å². The predicted molar refractivity (Wildman–Crippen MR) is 118 cm³/mol. The third-order valence-corrected chi connectivity index (χ3v) is 4.91. The first-order chi connectivity index (χ1) is 19.2. The summed E-state index contributed by atoms with van der Waals surface area (Å²) in [6.45, 7) is -0.496. The zero-order valence-electron chi connectivity index (χ0n) is 30.8. The van der Waals surface area contributed by atoms with Gasteiger partial charge in [-0.3, -0.25) is 9.69 Å². The first-order valence-electron chi connectivity index (χ1n) is 16.3. The fraction of sp³-hybridized carbons (Fsp3) is 0.708. The predicted octanol–water partition coefficient (Wildman–Crippen LogP) is 3.56. The smallest absolute Gasteiger partial charge is 0.323 e. The maximum Gasteiger partial charge on any atom is 0.323 e. The maximum atomic E-state index is 13.2. The van der Waals surface area contributed by atoms with Gasteiger partial charge in [0.15, 0.2) is 11.5 Å². The molecule has 2 aliphatic heterocycles. The topological polar surface area (TPSA) is 74.0 Å². The molecule has 1 aromatic carbocycles. The summed E-state index contributed by atoms with van der Waals surface area (Å²) >= 11 is 0. The number of aryl methyl sites for hydroxylation is 1. The fourth-order valence-electron chi connectivity index (χ4n) is 3.19. The van der Waals surface area contributed by atoms with Crippen LogP contribution in [0.15, 0.2) is 12.1 Å². The van der Waals surface area contributed by atoms with E-state index in [1.165, 1.54) is 0 Å². The number of hydrogen-bond donors (Lipinski definition) is 1. The van der Waals surface area contributed by atoms with Crippen molar-refractivity contribution in [1.29, 1.82) is 0 Å². The lowest BCUT2D eigenvalue weighted by atomic mass is 9.79. The van der Waals surface area contributed by atoms with Crippen LogP contribution in [0.2, 0.25) is 0 Å². The van der Waals surface area contributed by atoms with Crippen LogP contribution in [0.1, 0.15) is 75.5 Å². The molecule has 2 heterocycles. The van der Waals surface area contributed by atoms with Gasteiger partial charge >= 0.3 is 5.97 Å². The summed E-state index contributed by atoms with van der Waals surface area (Å²) in [4.78, 5) is 13.4. The van der Waals surface area contributed by atoms with E-state index in [-0.39, 0.29) is 10.6 Å². The van der Waals surface area contributed by atoms with Crippen molar-refractivity contribution in [2.75, 3.05) is 27.1 Å². The molecule has 2 N–H and O–H groups in total. The van der Waals surface area contributed by atoms with Crippen LogP contribution in [0.4, 0.5) is 0 Å². The molecule has 1 fully saturated rings. The Morgan fingerprint density at radius 2 is 2.07 bits per heavy atom. The number of esters is 1. The summed E-state index contributed by atoms with van der Waals surface area (Å²) in [6, 6.07) is -1.75. The molecule has 0 aromatic heterocycles. The SMILES string of the molecule is [2H]C([2H])([2H])Oc1cc2c(cc1OC)C1N(C([2H])([2H])C2([2H])[2H])C([2H])([2H])C([2H])(CC(C)C)C([2H])(OC(=O)[C@@H](N)C(C)C)C1([2H])[2H]. The van der Waals surface area contributed by atoms with Gasteiger partial charge in [-0.15, -0.1) is 0 Å². The molecule has 2 aliphatic rings. The van der Waals surface area contributed by atoms with E-state index in [2.05, 4.69) is 0 Å². The molecule has 0 bridgehead atoms. The quantitative estimate of drug-likeness (QED) is 0.666. The van der Waals surface area contributed by atoms with Crippen LogP contribution in [-0.2, 0) is 15.9 Å². The number of carbonyl (C=O) groups is 1. The average molecular weight is 432 g/mol. The summed E-state index contributed by atoms with van der Waals surface area (Å²) in [7, 11) is -1.91. The van der Waals surface area contributed by atoms with E-state index in [0.29, 0.717) is 0 Å². The first kappa shape index (κ1) is 11.2. The van der Waals surface area contributed by atoms with Crippen molar-refractivity contribution in [2.24, 2.45) is 23.5 Å². The molecule has 1 aromatic rings. The number of nitrogens with two attached hydrogens (primary N) is 1. The van der Waals surface area contributed by atoms with E-state index in [9.17, 15) is 10.3 Å². The Labute approximate surface area is 199 Å². The standard InChI is InChI=1S/C24H38N2O4/c1-14(2)9-17-13-26-8-7-16-10-21(28-5)22(29-6)11-18(16)19(26)12-20(17)30-24(27)23(25)15(3)4/h10-11,14-15,17,19-20,23H,7-9,12-13,25H2,1-6H3/t17?,19?,20?,23-/m0/s1/i5D3,7D2,8D2,12D2,13D2,17D,20D. The highest BCUT2D eigenvalue weighted by atomic mass is 16.5. The average Bonchev–Trinajstić information content (AvgIpc) is 2.82. The molecule has 0 amide bonds. The maximum absolute atomic E-state index is 13.2. The minimum absolute atomic E-state index is 0.254. The van der Waals surface area contributed by atoms with Crippen molar-refractivity contribution >= 4 is 5.97 Å². The number of nitrogens with zero attached hydrogens (tertiary/aromatic N) is 1. The Kier molecular flexibility index (Phi) is 3.57. The third kappa shape index (κ3) is 4.75.